The molecule has 1 saturated heterocycles. The number of piperidine rings is 1. The van der Waals surface area contributed by atoms with Crippen molar-refractivity contribution >= 4 is 21.9 Å². The van der Waals surface area contributed by atoms with Crippen LogP contribution in [0.1, 0.15) is 31.4 Å². The summed E-state index contributed by atoms with van der Waals surface area (Å²) in [6.45, 7) is 8.85. The molecule has 11 heteroatoms. The summed E-state index contributed by atoms with van der Waals surface area (Å²) < 4.78 is 42.0. The molecule has 0 saturated carbocycles. The minimum atomic E-state index is -3.82. The fourth-order valence-corrected chi connectivity index (χ4v) is 5.91. The summed E-state index contributed by atoms with van der Waals surface area (Å²) in [4.78, 5) is 11.4. The van der Waals surface area contributed by atoms with Gasteiger partial charge in [0.05, 0.1) is 18.0 Å². The van der Waals surface area contributed by atoms with Gasteiger partial charge in [0.1, 0.15) is 11.5 Å². The number of benzene rings is 1. The maximum absolute atomic E-state index is 13.2. The monoisotopic (exact) mass is 455 g/mol. The summed E-state index contributed by atoms with van der Waals surface area (Å²) in [5.41, 5.74) is 0.832. The fraction of sp³-hybridized carbons (Fsp3) is 0.600. The molecule has 10 nitrogen and oxygen atoms in total. The zero-order valence-electron chi connectivity index (χ0n) is 18.3. The molecule has 0 spiro atoms. The standard InChI is InChI=1S/C20H29N3O7S/c1-12-8-14(28-5)9-13(2)17(12)31(26,27)10-16-22-23(18(29-16)30-19(24)25)15-6-7-21-11-20(15,3)4/h8-9,15,18,21H,6-7,10-11H2,1-5H3,(H,24,25). The number of nitrogens with one attached hydrogen (secondary N) is 1. The van der Waals surface area contributed by atoms with Gasteiger partial charge in [0, 0.05) is 6.54 Å². The van der Waals surface area contributed by atoms with Crippen molar-refractivity contribution in [1.82, 2.24) is 10.3 Å². The Morgan fingerprint density at radius 1 is 1.35 bits per heavy atom. The van der Waals surface area contributed by atoms with Crippen LogP contribution in [0.2, 0.25) is 0 Å². The molecule has 0 aromatic heterocycles. The van der Waals surface area contributed by atoms with E-state index in [1.165, 1.54) is 12.1 Å². The summed E-state index contributed by atoms with van der Waals surface area (Å²) in [6, 6.07) is 3.11. The Balaban J connectivity index is 1.91. The molecule has 0 aliphatic carbocycles. The number of aryl methyl sites for hydroxylation is 2. The van der Waals surface area contributed by atoms with Crippen molar-refractivity contribution in [3.05, 3.63) is 23.3 Å². The molecule has 2 atom stereocenters. The number of hydrogen-bond acceptors (Lipinski definition) is 9. The second kappa shape index (κ2) is 8.54. The summed E-state index contributed by atoms with van der Waals surface area (Å²) in [7, 11) is -2.30. The summed E-state index contributed by atoms with van der Waals surface area (Å²) in [6.07, 6.45) is -2.18. The molecule has 1 aromatic carbocycles. The largest absolute Gasteiger partial charge is 0.510 e. The molecule has 3 rings (SSSR count). The van der Waals surface area contributed by atoms with E-state index in [2.05, 4.69) is 10.4 Å². The van der Waals surface area contributed by atoms with Crippen molar-refractivity contribution in [1.29, 1.82) is 0 Å². The van der Waals surface area contributed by atoms with Gasteiger partial charge < -0.3 is 24.6 Å². The van der Waals surface area contributed by atoms with Crippen LogP contribution >= 0.6 is 0 Å². The van der Waals surface area contributed by atoms with Crippen molar-refractivity contribution < 1.29 is 32.5 Å². The van der Waals surface area contributed by atoms with Crippen molar-refractivity contribution in [2.75, 3.05) is 26.0 Å². The van der Waals surface area contributed by atoms with E-state index in [-0.39, 0.29) is 22.3 Å². The molecule has 2 heterocycles. The molecular weight excluding hydrogens is 426 g/mol. The van der Waals surface area contributed by atoms with E-state index >= 15 is 0 Å². The Morgan fingerprint density at radius 3 is 2.55 bits per heavy atom. The number of sulfone groups is 1. The Bertz CT molecular complexity index is 967. The van der Waals surface area contributed by atoms with Gasteiger partial charge in [-0.25, -0.2) is 18.2 Å². The van der Waals surface area contributed by atoms with E-state index in [0.717, 1.165) is 6.54 Å². The molecule has 1 aromatic rings. The van der Waals surface area contributed by atoms with Gasteiger partial charge in [-0.05, 0) is 55.5 Å². The van der Waals surface area contributed by atoms with Gasteiger partial charge in [0.2, 0.25) is 5.90 Å². The normalized spacial score (nSPS) is 23.1. The highest BCUT2D eigenvalue weighted by atomic mass is 32.2. The first kappa shape index (κ1) is 23.1. The number of hydrogen-bond donors (Lipinski definition) is 2. The van der Waals surface area contributed by atoms with Gasteiger partial charge >= 0.3 is 12.6 Å². The van der Waals surface area contributed by atoms with Gasteiger partial charge in [0.25, 0.3) is 0 Å². The van der Waals surface area contributed by atoms with E-state index in [0.29, 0.717) is 29.8 Å². The third-order valence-electron chi connectivity index (χ3n) is 5.57. The second-order valence-corrected chi connectivity index (χ2v) is 10.4. The highest BCUT2D eigenvalue weighted by Gasteiger charge is 2.45. The van der Waals surface area contributed by atoms with Crippen molar-refractivity contribution in [2.45, 2.75) is 51.5 Å². The number of nitrogens with zero attached hydrogens (tertiary/aromatic N) is 2. The highest BCUT2D eigenvalue weighted by molar-refractivity contribution is 7.92. The third kappa shape index (κ3) is 4.87. The summed E-state index contributed by atoms with van der Waals surface area (Å²) in [5.74, 6) is -0.0459. The number of rotatable bonds is 6. The van der Waals surface area contributed by atoms with Crippen LogP contribution in [-0.4, -0.2) is 69.0 Å². The van der Waals surface area contributed by atoms with Crippen molar-refractivity contribution in [2.24, 2.45) is 10.5 Å². The molecule has 2 aliphatic rings. The number of hydrazone groups is 1. The van der Waals surface area contributed by atoms with Crippen LogP contribution in [0.5, 0.6) is 5.75 Å². The first-order chi connectivity index (χ1) is 14.4. The van der Waals surface area contributed by atoms with Crippen LogP contribution < -0.4 is 10.1 Å². The fourth-order valence-electron chi connectivity index (χ4n) is 4.22. The SMILES string of the molecule is COc1cc(C)c(S(=O)(=O)CC2=NN(C3CCNCC3(C)C)C(OC(=O)O)O2)c(C)c1. The molecule has 1 fully saturated rings. The average molecular weight is 456 g/mol. The molecule has 0 amide bonds. The summed E-state index contributed by atoms with van der Waals surface area (Å²) in [5, 5.41) is 18.2. The minimum Gasteiger partial charge on any atom is -0.497 e. The maximum atomic E-state index is 13.2. The van der Waals surface area contributed by atoms with Crippen LogP contribution in [-0.2, 0) is 19.3 Å². The third-order valence-corrected chi connectivity index (χ3v) is 7.47. The van der Waals surface area contributed by atoms with Crippen LogP contribution in [0.3, 0.4) is 0 Å². The van der Waals surface area contributed by atoms with Crippen LogP contribution in [0.25, 0.3) is 0 Å². The van der Waals surface area contributed by atoms with E-state index in [9.17, 15) is 13.2 Å². The van der Waals surface area contributed by atoms with Gasteiger partial charge in [-0.3, -0.25) is 0 Å². The lowest BCUT2D eigenvalue weighted by Gasteiger charge is -2.43. The molecular formula is C20H29N3O7S. The Labute approximate surface area is 182 Å². The second-order valence-electron chi connectivity index (χ2n) is 8.50. The smallest absolute Gasteiger partial charge is 0.497 e. The van der Waals surface area contributed by atoms with Gasteiger partial charge in [0.15, 0.2) is 9.84 Å². The quantitative estimate of drug-likeness (QED) is 0.620. The summed E-state index contributed by atoms with van der Waals surface area (Å²) >= 11 is 0. The van der Waals surface area contributed by atoms with E-state index in [1.54, 1.807) is 26.0 Å². The van der Waals surface area contributed by atoms with Crippen LogP contribution in [0.4, 0.5) is 4.79 Å². The van der Waals surface area contributed by atoms with Crippen LogP contribution in [0.15, 0.2) is 22.1 Å². The molecule has 2 aliphatic heterocycles. The van der Waals surface area contributed by atoms with Crippen molar-refractivity contribution in [3.63, 3.8) is 0 Å². The lowest BCUT2D eigenvalue weighted by Crippen LogP contribution is -2.55. The molecule has 31 heavy (non-hydrogen) atoms. The number of ether oxygens (including phenoxy) is 3. The van der Waals surface area contributed by atoms with Crippen molar-refractivity contribution in [3.8, 4) is 5.75 Å². The lowest BCUT2D eigenvalue weighted by molar-refractivity contribution is -0.165. The van der Waals surface area contributed by atoms with Gasteiger partial charge in [-0.15, -0.1) is 5.10 Å². The predicted octanol–water partition coefficient (Wildman–Crippen LogP) is 2.10. The molecule has 2 N–H and O–H groups in total. The van der Waals surface area contributed by atoms with E-state index < -0.39 is 28.2 Å². The highest BCUT2D eigenvalue weighted by Crippen LogP contribution is 2.34. The Kier molecular flexibility index (Phi) is 6.38. The van der Waals surface area contributed by atoms with E-state index in [1.807, 2.05) is 13.8 Å². The molecule has 172 valence electrons. The van der Waals surface area contributed by atoms with E-state index in [4.69, 9.17) is 19.3 Å². The molecule has 0 radical (unpaired) electrons. The molecule has 2 unspecified atom stereocenters. The van der Waals surface area contributed by atoms with Crippen LogP contribution in [0, 0.1) is 19.3 Å². The van der Waals surface area contributed by atoms with Gasteiger partial charge in [-0.2, -0.15) is 0 Å². The topological polar surface area (TPSA) is 127 Å². The minimum absolute atomic E-state index is 0.102. The average Bonchev–Trinajstić information content (AvgIpc) is 3.00. The Hall–Kier alpha value is -2.53. The van der Waals surface area contributed by atoms with Gasteiger partial charge in [-0.1, -0.05) is 13.8 Å². The number of carbonyl (C=O) groups is 1. The lowest BCUT2D eigenvalue weighted by atomic mass is 9.80. The Morgan fingerprint density at radius 2 is 2.00 bits per heavy atom. The number of carboxylic acid groups (broad SMARTS) is 1. The zero-order chi connectivity index (χ0) is 23.0. The first-order valence-corrected chi connectivity index (χ1v) is 11.6. The predicted molar refractivity (Wildman–Crippen MR) is 113 cm³/mol. The number of methoxy groups -OCH3 is 1. The maximum Gasteiger partial charge on any atom is 0.510 e. The zero-order valence-corrected chi connectivity index (χ0v) is 19.2. The first-order valence-electron chi connectivity index (χ1n) is 9.95. The molecule has 0 bridgehead atoms.